The molecule has 10 heteroatoms. The summed E-state index contributed by atoms with van der Waals surface area (Å²) in [6.45, 7) is 0.713. The predicted octanol–water partition coefficient (Wildman–Crippen LogP) is 7.26. The molecule has 1 fully saturated rings. The molecule has 0 atom stereocenters. The molecule has 0 aliphatic carbocycles. The number of rotatable bonds is 6. The molecule has 3 N–H and O–H groups in total. The zero-order chi connectivity index (χ0) is 27.5. The molecule has 198 valence electrons. The van der Waals surface area contributed by atoms with Crippen molar-refractivity contribution in [2.75, 3.05) is 18.4 Å². The van der Waals surface area contributed by atoms with E-state index >= 15 is 0 Å². The third-order valence-corrected chi connectivity index (χ3v) is 7.30. The Bertz CT molecular complexity index is 1350. The number of halogens is 5. The summed E-state index contributed by atoms with van der Waals surface area (Å²) in [5.41, 5.74) is -0.650. The van der Waals surface area contributed by atoms with E-state index in [1.807, 2.05) is 24.3 Å². The van der Waals surface area contributed by atoms with Gasteiger partial charge in [-0.05, 0) is 66.4 Å². The number of benzene rings is 3. The van der Waals surface area contributed by atoms with Crippen molar-refractivity contribution in [3.05, 3.63) is 105 Å². The lowest BCUT2D eigenvalue weighted by Crippen LogP contribution is -2.45. The van der Waals surface area contributed by atoms with E-state index in [-0.39, 0.29) is 11.6 Å². The first-order chi connectivity index (χ1) is 18.0. The highest BCUT2D eigenvalue weighted by molar-refractivity contribution is 9.10. The normalized spacial score (nSPS) is 15.7. The molecular formula is C28H24BrClF3N3O2. The first-order valence-corrected chi connectivity index (χ1v) is 12.9. The fourth-order valence-corrected chi connectivity index (χ4v) is 4.68. The molecule has 3 aromatic rings. The summed E-state index contributed by atoms with van der Waals surface area (Å²) in [5.74, 6) is -0.234. The maximum Gasteiger partial charge on any atom is 0.432 e. The monoisotopic (exact) mass is 605 g/mol. The van der Waals surface area contributed by atoms with Gasteiger partial charge in [-0.2, -0.15) is 13.2 Å². The van der Waals surface area contributed by atoms with Crippen molar-refractivity contribution in [1.82, 2.24) is 4.90 Å². The lowest BCUT2D eigenvalue weighted by atomic mass is 9.84. The number of amides is 1. The number of allylic oxidation sites excluding steroid dienone is 1. The van der Waals surface area contributed by atoms with Gasteiger partial charge in [0.05, 0.1) is 16.3 Å². The van der Waals surface area contributed by atoms with Crippen LogP contribution in [0.4, 0.5) is 18.9 Å². The highest BCUT2D eigenvalue weighted by Gasteiger charge is 2.36. The Kier molecular flexibility index (Phi) is 8.30. The predicted molar refractivity (Wildman–Crippen MR) is 146 cm³/mol. The number of nitrogens with one attached hydrogen (secondary N) is 2. The number of aliphatic hydroxyl groups is 1. The molecule has 3 aromatic carbocycles. The van der Waals surface area contributed by atoms with Crippen LogP contribution in [0.15, 0.2) is 83.3 Å². The molecule has 4 rings (SSSR count). The summed E-state index contributed by atoms with van der Waals surface area (Å²) in [5, 5.41) is 21.7. The lowest BCUT2D eigenvalue weighted by Gasteiger charge is -2.38. The van der Waals surface area contributed by atoms with E-state index in [1.54, 1.807) is 29.2 Å². The van der Waals surface area contributed by atoms with Crippen LogP contribution in [0.5, 0.6) is 0 Å². The minimum absolute atomic E-state index is 0.0111. The van der Waals surface area contributed by atoms with Gasteiger partial charge in [-0.1, -0.05) is 63.9 Å². The Balaban J connectivity index is 1.50. The summed E-state index contributed by atoms with van der Waals surface area (Å²) in [6.07, 6.45) is -3.37. The van der Waals surface area contributed by atoms with Crippen molar-refractivity contribution in [3.8, 4) is 0 Å². The molecule has 0 radical (unpaired) electrons. The van der Waals surface area contributed by atoms with Crippen molar-refractivity contribution in [1.29, 1.82) is 5.41 Å². The quantitative estimate of drug-likeness (QED) is 0.259. The Labute approximate surface area is 231 Å². The topological polar surface area (TPSA) is 76.4 Å². The Morgan fingerprint density at radius 2 is 1.58 bits per heavy atom. The SMILES string of the molecule is N=C(/C=C(\Nc1ccccc1Cl)c1ccc(C(=O)N2CCC(O)(c3ccc(Br)cc3)CC2)cc1)C(F)(F)F. The average molecular weight is 607 g/mol. The number of nitrogens with zero attached hydrogens (tertiary/aromatic N) is 1. The summed E-state index contributed by atoms with van der Waals surface area (Å²) in [6, 6.07) is 20.1. The van der Waals surface area contributed by atoms with Crippen LogP contribution in [0.2, 0.25) is 5.02 Å². The minimum Gasteiger partial charge on any atom is -0.385 e. The van der Waals surface area contributed by atoms with Gasteiger partial charge in [0.15, 0.2) is 0 Å². The van der Waals surface area contributed by atoms with Crippen molar-refractivity contribution in [3.63, 3.8) is 0 Å². The van der Waals surface area contributed by atoms with Gasteiger partial charge in [-0.25, -0.2) is 0 Å². The summed E-state index contributed by atoms with van der Waals surface area (Å²) < 4.78 is 40.2. The van der Waals surface area contributed by atoms with Crippen molar-refractivity contribution in [2.24, 2.45) is 0 Å². The van der Waals surface area contributed by atoms with Crippen LogP contribution >= 0.6 is 27.5 Å². The second-order valence-electron chi connectivity index (χ2n) is 8.98. The number of carbonyl (C=O) groups is 1. The molecule has 0 unspecified atom stereocenters. The zero-order valence-corrected chi connectivity index (χ0v) is 22.4. The van der Waals surface area contributed by atoms with E-state index in [1.165, 1.54) is 24.3 Å². The van der Waals surface area contributed by atoms with Gasteiger partial charge in [0.25, 0.3) is 5.91 Å². The molecule has 0 aromatic heterocycles. The van der Waals surface area contributed by atoms with Crippen molar-refractivity contribution >= 4 is 50.5 Å². The second-order valence-corrected chi connectivity index (χ2v) is 10.3. The Morgan fingerprint density at radius 3 is 2.16 bits per heavy atom. The molecule has 1 aliphatic rings. The third-order valence-electron chi connectivity index (χ3n) is 6.44. The summed E-state index contributed by atoms with van der Waals surface area (Å²) >= 11 is 9.55. The Hall–Kier alpha value is -3.14. The maximum absolute atomic E-state index is 13.1. The van der Waals surface area contributed by atoms with Crippen LogP contribution in [-0.4, -0.2) is 40.9 Å². The van der Waals surface area contributed by atoms with E-state index in [9.17, 15) is 23.1 Å². The largest absolute Gasteiger partial charge is 0.432 e. The van der Waals surface area contributed by atoms with Crippen LogP contribution in [0.3, 0.4) is 0 Å². The van der Waals surface area contributed by atoms with Crippen LogP contribution in [0.1, 0.15) is 34.3 Å². The Morgan fingerprint density at radius 1 is 1.00 bits per heavy atom. The smallest absolute Gasteiger partial charge is 0.385 e. The third kappa shape index (κ3) is 6.46. The zero-order valence-electron chi connectivity index (χ0n) is 20.0. The highest BCUT2D eigenvalue weighted by atomic mass is 79.9. The summed E-state index contributed by atoms with van der Waals surface area (Å²) in [7, 11) is 0. The molecule has 1 amide bonds. The number of hydrogen-bond donors (Lipinski definition) is 3. The maximum atomic E-state index is 13.1. The first kappa shape index (κ1) is 27.9. The van der Waals surface area contributed by atoms with E-state index in [2.05, 4.69) is 21.2 Å². The van der Waals surface area contributed by atoms with E-state index in [0.717, 1.165) is 10.0 Å². The number of anilines is 1. The number of alkyl halides is 3. The average Bonchev–Trinajstić information content (AvgIpc) is 2.89. The van der Waals surface area contributed by atoms with Gasteiger partial charge in [0.1, 0.15) is 5.71 Å². The molecule has 0 spiro atoms. The molecule has 1 aliphatic heterocycles. The van der Waals surface area contributed by atoms with Crippen LogP contribution in [-0.2, 0) is 5.60 Å². The van der Waals surface area contributed by atoms with Gasteiger partial charge in [0.2, 0.25) is 0 Å². The lowest BCUT2D eigenvalue weighted by molar-refractivity contribution is -0.0584. The van der Waals surface area contributed by atoms with Crippen LogP contribution < -0.4 is 5.32 Å². The first-order valence-electron chi connectivity index (χ1n) is 11.7. The van der Waals surface area contributed by atoms with E-state index in [4.69, 9.17) is 17.0 Å². The van der Waals surface area contributed by atoms with Gasteiger partial charge in [0, 0.05) is 28.8 Å². The molecule has 0 saturated carbocycles. The van der Waals surface area contributed by atoms with E-state index in [0.29, 0.717) is 53.8 Å². The molecule has 1 heterocycles. The van der Waals surface area contributed by atoms with Gasteiger partial charge < -0.3 is 15.3 Å². The second kappa shape index (κ2) is 11.3. The number of likely N-dealkylation sites (tertiary alicyclic amines) is 1. The van der Waals surface area contributed by atoms with Crippen LogP contribution in [0, 0.1) is 5.41 Å². The molecular weight excluding hydrogens is 583 g/mol. The summed E-state index contributed by atoms with van der Waals surface area (Å²) in [4.78, 5) is 14.8. The van der Waals surface area contributed by atoms with Gasteiger partial charge in [-0.3, -0.25) is 10.2 Å². The van der Waals surface area contributed by atoms with Gasteiger partial charge in [-0.15, -0.1) is 0 Å². The number of hydrogen-bond acceptors (Lipinski definition) is 4. The number of carbonyl (C=O) groups excluding carboxylic acids is 1. The molecule has 5 nitrogen and oxygen atoms in total. The van der Waals surface area contributed by atoms with Crippen molar-refractivity contribution in [2.45, 2.75) is 24.6 Å². The molecule has 38 heavy (non-hydrogen) atoms. The van der Waals surface area contributed by atoms with Gasteiger partial charge >= 0.3 is 6.18 Å². The minimum atomic E-state index is -4.82. The van der Waals surface area contributed by atoms with Crippen molar-refractivity contribution < 1.29 is 23.1 Å². The molecule has 0 bridgehead atoms. The fraction of sp³-hybridized carbons (Fsp3) is 0.214. The number of para-hydroxylation sites is 1. The molecule has 1 saturated heterocycles. The number of piperidine rings is 1. The fourth-order valence-electron chi connectivity index (χ4n) is 4.23. The highest BCUT2D eigenvalue weighted by Crippen LogP contribution is 2.34. The van der Waals surface area contributed by atoms with Crippen LogP contribution in [0.25, 0.3) is 5.70 Å². The van der Waals surface area contributed by atoms with E-state index < -0.39 is 17.5 Å². The standard InChI is InChI=1S/C28H24BrClF3N3O2/c29-21-11-9-20(10-12-21)27(38)13-15-36(16-14-27)26(37)19-7-5-18(6-8-19)24(17-25(34)28(31,32)33)35-23-4-2-1-3-22(23)30/h1-12,17,34-35,38H,13-16H2/b24-17-,34-25?.